The molecule has 0 radical (unpaired) electrons. The Kier molecular flexibility index (Phi) is 11.1. The molecule has 2 unspecified atom stereocenters. The van der Waals surface area contributed by atoms with Crippen LogP contribution in [0, 0.1) is 0 Å². The SMILES string of the molecule is CC(C(C/C=C/c1nc2ccccc2o1)c1ccc2c(c1)OCO2)N(C/C=C/c1ccccc1)C(=O)/C(O)=C(\CC(=O)O)C(=O)OC(C)(C)C. The first-order valence-electron chi connectivity index (χ1n) is 16.2. The van der Waals surface area contributed by atoms with Crippen molar-refractivity contribution in [2.24, 2.45) is 0 Å². The highest BCUT2D eigenvalue weighted by atomic mass is 16.7. The maximum atomic E-state index is 14.2. The van der Waals surface area contributed by atoms with Crippen LogP contribution in [-0.2, 0) is 19.1 Å². The average molecular weight is 681 g/mol. The van der Waals surface area contributed by atoms with Gasteiger partial charge in [0.25, 0.3) is 5.91 Å². The summed E-state index contributed by atoms with van der Waals surface area (Å²) in [5, 5.41) is 20.9. The molecule has 5 rings (SSSR count). The van der Waals surface area contributed by atoms with Gasteiger partial charge in [-0.25, -0.2) is 9.78 Å². The van der Waals surface area contributed by atoms with Gasteiger partial charge in [-0.15, -0.1) is 0 Å². The van der Waals surface area contributed by atoms with Gasteiger partial charge in [0.15, 0.2) is 22.8 Å². The lowest BCUT2D eigenvalue weighted by molar-refractivity contribution is -0.152. The molecule has 50 heavy (non-hydrogen) atoms. The number of carbonyl (C=O) groups is 3. The van der Waals surface area contributed by atoms with Crippen molar-refractivity contribution in [2.45, 2.75) is 58.1 Å². The number of allylic oxidation sites excluding steroid dienone is 1. The molecule has 0 spiro atoms. The van der Waals surface area contributed by atoms with Gasteiger partial charge in [-0.2, -0.15) is 0 Å². The number of ether oxygens (including phenoxy) is 3. The molecule has 0 aliphatic carbocycles. The van der Waals surface area contributed by atoms with Crippen LogP contribution in [0.2, 0.25) is 0 Å². The van der Waals surface area contributed by atoms with E-state index in [0.717, 1.165) is 16.6 Å². The van der Waals surface area contributed by atoms with Crippen LogP contribution in [-0.4, -0.2) is 62.9 Å². The standard InChI is InChI=1S/C39H40N2O9/c1-25(28(27-19-20-32-33(22-27)48-24-47-32)15-10-18-34-40-30-16-8-9-17-31(30)49-34)41(21-11-14-26-12-6-5-7-13-26)37(45)36(44)29(23-35(42)43)38(46)50-39(2,3)4/h5-14,16-20,22,25,28,44H,15,21,23-24H2,1-4H3,(H,42,43)/b14-11+,18-10+,36-29-. The van der Waals surface area contributed by atoms with E-state index in [-0.39, 0.29) is 13.3 Å². The predicted molar refractivity (Wildman–Crippen MR) is 187 cm³/mol. The van der Waals surface area contributed by atoms with Crippen molar-refractivity contribution in [1.29, 1.82) is 0 Å². The van der Waals surface area contributed by atoms with E-state index >= 15 is 0 Å². The van der Waals surface area contributed by atoms with Gasteiger partial charge in [0, 0.05) is 18.5 Å². The van der Waals surface area contributed by atoms with E-state index in [4.69, 9.17) is 18.6 Å². The van der Waals surface area contributed by atoms with E-state index in [0.29, 0.717) is 29.4 Å². The van der Waals surface area contributed by atoms with Crippen molar-refractivity contribution in [3.63, 3.8) is 0 Å². The zero-order valence-electron chi connectivity index (χ0n) is 28.4. The van der Waals surface area contributed by atoms with Gasteiger partial charge in [-0.3, -0.25) is 9.59 Å². The second-order valence-electron chi connectivity index (χ2n) is 12.8. The molecule has 3 aromatic carbocycles. The number of esters is 1. The predicted octanol–water partition coefficient (Wildman–Crippen LogP) is 7.30. The number of amides is 1. The Hall–Kier alpha value is -5.84. The summed E-state index contributed by atoms with van der Waals surface area (Å²) >= 11 is 0. The second-order valence-corrected chi connectivity index (χ2v) is 12.8. The van der Waals surface area contributed by atoms with Crippen LogP contribution in [0.25, 0.3) is 23.3 Å². The number of hydrogen-bond donors (Lipinski definition) is 2. The number of carboxylic acid groups (broad SMARTS) is 1. The number of para-hydroxylation sites is 2. The van der Waals surface area contributed by atoms with E-state index in [1.54, 1.807) is 39.0 Å². The largest absolute Gasteiger partial charge is 0.503 e. The maximum absolute atomic E-state index is 14.2. The van der Waals surface area contributed by atoms with Crippen LogP contribution in [0.4, 0.5) is 0 Å². The molecule has 1 aromatic heterocycles. The fourth-order valence-electron chi connectivity index (χ4n) is 5.56. The molecule has 11 heteroatoms. The van der Waals surface area contributed by atoms with Crippen molar-refractivity contribution >= 4 is 41.1 Å². The van der Waals surface area contributed by atoms with Crippen LogP contribution in [0.1, 0.15) is 63.5 Å². The monoisotopic (exact) mass is 680 g/mol. The van der Waals surface area contributed by atoms with Crippen molar-refractivity contribution < 1.29 is 43.2 Å². The van der Waals surface area contributed by atoms with Crippen molar-refractivity contribution in [1.82, 2.24) is 9.88 Å². The molecule has 0 bridgehead atoms. The van der Waals surface area contributed by atoms with Crippen LogP contribution < -0.4 is 9.47 Å². The highest BCUT2D eigenvalue weighted by Gasteiger charge is 2.34. The zero-order valence-corrected chi connectivity index (χ0v) is 28.4. The minimum Gasteiger partial charge on any atom is -0.503 e. The normalized spacial score (nSPS) is 14.5. The molecule has 1 amide bonds. The first kappa shape index (κ1) is 35.5. The second kappa shape index (κ2) is 15.6. The lowest BCUT2D eigenvalue weighted by Gasteiger charge is -2.34. The highest BCUT2D eigenvalue weighted by molar-refractivity contribution is 6.03. The van der Waals surface area contributed by atoms with Crippen LogP contribution in [0.5, 0.6) is 11.5 Å². The summed E-state index contributed by atoms with van der Waals surface area (Å²) in [5.41, 5.74) is 1.44. The Bertz CT molecular complexity index is 1900. The number of carbonyl (C=O) groups excluding carboxylic acids is 2. The summed E-state index contributed by atoms with van der Waals surface area (Å²) in [4.78, 5) is 45.0. The Morgan fingerprint density at radius 2 is 1.66 bits per heavy atom. The highest BCUT2D eigenvalue weighted by Crippen LogP contribution is 2.38. The Balaban J connectivity index is 1.53. The first-order chi connectivity index (χ1) is 23.9. The minimum atomic E-state index is -1.41. The van der Waals surface area contributed by atoms with Gasteiger partial charge in [0.1, 0.15) is 11.1 Å². The molecule has 4 aromatic rings. The van der Waals surface area contributed by atoms with Gasteiger partial charge in [0.2, 0.25) is 12.7 Å². The molecule has 260 valence electrons. The third kappa shape index (κ3) is 8.98. The van der Waals surface area contributed by atoms with Crippen molar-refractivity contribution in [3.8, 4) is 11.5 Å². The van der Waals surface area contributed by atoms with E-state index in [1.165, 1.54) is 4.90 Å². The third-order valence-corrected chi connectivity index (χ3v) is 7.99. The number of nitrogens with zero attached hydrogens (tertiary/aromatic N) is 2. The summed E-state index contributed by atoms with van der Waals surface area (Å²) in [6.45, 7) is 6.75. The third-order valence-electron chi connectivity index (χ3n) is 7.99. The Morgan fingerprint density at radius 3 is 2.38 bits per heavy atom. The van der Waals surface area contributed by atoms with Crippen LogP contribution in [0.15, 0.2) is 101 Å². The van der Waals surface area contributed by atoms with E-state index < -0.39 is 53.2 Å². The Labute approximate surface area is 290 Å². The summed E-state index contributed by atoms with van der Waals surface area (Å²) in [7, 11) is 0. The molecule has 0 saturated carbocycles. The summed E-state index contributed by atoms with van der Waals surface area (Å²) < 4.78 is 22.4. The lowest BCUT2D eigenvalue weighted by Crippen LogP contribution is -2.43. The quantitative estimate of drug-likeness (QED) is 0.0837. The number of rotatable bonds is 13. The number of aliphatic hydroxyl groups is 1. The molecule has 2 N–H and O–H groups in total. The summed E-state index contributed by atoms with van der Waals surface area (Å²) in [6.07, 6.45) is 6.75. The van der Waals surface area contributed by atoms with Crippen molar-refractivity contribution in [3.05, 3.63) is 113 Å². The van der Waals surface area contributed by atoms with Crippen LogP contribution in [0.3, 0.4) is 0 Å². The van der Waals surface area contributed by atoms with E-state index in [9.17, 15) is 24.6 Å². The van der Waals surface area contributed by atoms with Gasteiger partial charge in [-0.05, 0) is 75.6 Å². The maximum Gasteiger partial charge on any atom is 0.339 e. The minimum absolute atomic E-state index is 0.0174. The molecular formula is C39H40N2O9. The summed E-state index contributed by atoms with van der Waals surface area (Å²) in [6, 6.07) is 21.8. The number of fused-ring (bicyclic) bond motifs is 2. The number of aliphatic carboxylic acids is 1. The lowest BCUT2D eigenvalue weighted by atomic mass is 9.87. The molecule has 11 nitrogen and oxygen atoms in total. The number of carboxylic acids is 1. The van der Waals surface area contributed by atoms with Crippen LogP contribution >= 0.6 is 0 Å². The Morgan fingerprint density at radius 1 is 0.940 bits per heavy atom. The van der Waals surface area contributed by atoms with E-state index in [2.05, 4.69) is 4.98 Å². The zero-order chi connectivity index (χ0) is 35.8. The fourth-order valence-corrected chi connectivity index (χ4v) is 5.56. The number of aromatic nitrogens is 1. The number of benzene rings is 3. The first-order valence-corrected chi connectivity index (χ1v) is 16.2. The molecule has 1 aliphatic heterocycles. The van der Waals surface area contributed by atoms with Crippen molar-refractivity contribution in [2.75, 3.05) is 13.3 Å². The van der Waals surface area contributed by atoms with Gasteiger partial charge < -0.3 is 33.7 Å². The van der Waals surface area contributed by atoms with Gasteiger partial charge in [-0.1, -0.05) is 66.8 Å². The molecule has 0 fully saturated rings. The molecule has 2 atom stereocenters. The number of hydrogen-bond acceptors (Lipinski definition) is 9. The molecular weight excluding hydrogens is 640 g/mol. The smallest absolute Gasteiger partial charge is 0.339 e. The van der Waals surface area contributed by atoms with Gasteiger partial charge in [0.05, 0.1) is 12.0 Å². The van der Waals surface area contributed by atoms with E-state index in [1.807, 2.05) is 85.8 Å². The fraction of sp³-hybridized carbons (Fsp3) is 0.282. The molecule has 1 aliphatic rings. The van der Waals surface area contributed by atoms with Gasteiger partial charge >= 0.3 is 11.9 Å². The molecule has 2 heterocycles. The summed E-state index contributed by atoms with van der Waals surface area (Å²) in [5.74, 6) is -3.24. The number of oxazole rings is 1. The molecule has 0 saturated heterocycles. The average Bonchev–Trinajstić information content (AvgIpc) is 3.73. The topological polar surface area (TPSA) is 149 Å². The number of aliphatic hydroxyl groups excluding tert-OH is 1.